The first kappa shape index (κ1) is 9.03. The van der Waals surface area contributed by atoms with Crippen molar-refractivity contribution in [1.82, 2.24) is 4.98 Å². The predicted octanol–water partition coefficient (Wildman–Crippen LogP) is -0.888. The monoisotopic (exact) mass is 166 g/mol. The van der Waals surface area contributed by atoms with E-state index in [1.807, 2.05) is 6.92 Å². The van der Waals surface area contributed by atoms with Gasteiger partial charge in [0.15, 0.2) is 0 Å². The Morgan fingerprint density at radius 3 is 2.58 bits per heavy atom. The van der Waals surface area contributed by atoms with Crippen LogP contribution in [0.15, 0.2) is 12.4 Å². The van der Waals surface area contributed by atoms with Gasteiger partial charge in [0.25, 0.3) is 0 Å². The van der Waals surface area contributed by atoms with E-state index in [9.17, 15) is 0 Å². The topological polar surface area (TPSA) is 65.4 Å². The third kappa shape index (κ3) is 1.57. The molecule has 12 heavy (non-hydrogen) atoms. The Balaban J connectivity index is 3.14. The fourth-order valence-electron chi connectivity index (χ4n) is 1.05. The highest BCUT2D eigenvalue weighted by Gasteiger charge is 2.15. The van der Waals surface area contributed by atoms with Crippen LogP contribution in [-0.2, 0) is 0 Å². The highest BCUT2D eigenvalue weighted by atomic mass is 16.4. The maximum atomic E-state index is 8.91. The van der Waals surface area contributed by atoms with E-state index < -0.39 is 7.12 Å². The molecule has 0 saturated heterocycles. The highest BCUT2D eigenvalue weighted by Crippen LogP contribution is 2.08. The molecule has 1 heterocycles. The quantitative estimate of drug-likeness (QED) is 0.498. The van der Waals surface area contributed by atoms with Crippen molar-refractivity contribution < 1.29 is 10.0 Å². The second-order valence-corrected chi connectivity index (χ2v) is 2.52. The summed E-state index contributed by atoms with van der Waals surface area (Å²) in [6, 6.07) is 0. The van der Waals surface area contributed by atoms with Gasteiger partial charge >= 0.3 is 7.12 Å². The lowest BCUT2D eigenvalue weighted by molar-refractivity contribution is 0.425. The molecule has 0 aromatic carbocycles. The molecular weight excluding hydrogens is 155 g/mol. The Kier molecular flexibility index (Phi) is 2.67. The number of aromatic nitrogens is 1. The van der Waals surface area contributed by atoms with Gasteiger partial charge in [0.05, 0.1) is 11.9 Å². The van der Waals surface area contributed by atoms with Gasteiger partial charge in [-0.3, -0.25) is 4.98 Å². The molecule has 0 aliphatic rings. The van der Waals surface area contributed by atoms with Crippen LogP contribution in [0.25, 0.3) is 0 Å². The fourth-order valence-corrected chi connectivity index (χ4v) is 1.05. The Bertz CT molecular complexity index is 278. The van der Waals surface area contributed by atoms with Gasteiger partial charge in [-0.15, -0.1) is 0 Å². The summed E-state index contributed by atoms with van der Waals surface area (Å²) in [5, 5.41) is 20.7. The molecule has 0 radical (unpaired) electrons. The third-order valence-corrected chi connectivity index (χ3v) is 1.80. The molecule has 0 spiro atoms. The van der Waals surface area contributed by atoms with Crippen LogP contribution in [0.2, 0.25) is 0 Å². The lowest BCUT2D eigenvalue weighted by Gasteiger charge is -2.08. The van der Waals surface area contributed by atoms with Crippen LogP contribution in [0.3, 0.4) is 0 Å². The lowest BCUT2D eigenvalue weighted by Crippen LogP contribution is -2.32. The van der Waals surface area contributed by atoms with E-state index >= 15 is 0 Å². The number of hydrogen-bond acceptors (Lipinski definition) is 4. The van der Waals surface area contributed by atoms with Gasteiger partial charge in [0.1, 0.15) is 0 Å². The van der Waals surface area contributed by atoms with Crippen LogP contribution < -0.4 is 10.8 Å². The molecule has 0 bridgehead atoms. The van der Waals surface area contributed by atoms with Crippen LogP contribution in [0.5, 0.6) is 0 Å². The van der Waals surface area contributed by atoms with Crippen LogP contribution in [0.1, 0.15) is 5.56 Å². The number of pyridine rings is 1. The van der Waals surface area contributed by atoms with E-state index in [4.69, 9.17) is 10.0 Å². The van der Waals surface area contributed by atoms with E-state index in [1.165, 1.54) is 6.20 Å². The minimum Gasteiger partial charge on any atom is -0.423 e. The summed E-state index contributed by atoms with van der Waals surface area (Å²) in [6.45, 7) is 1.81. The average Bonchev–Trinajstić information content (AvgIpc) is 2.04. The van der Waals surface area contributed by atoms with E-state index in [2.05, 4.69) is 10.3 Å². The lowest BCUT2D eigenvalue weighted by atomic mass is 9.78. The molecule has 0 amide bonds. The van der Waals surface area contributed by atoms with Gasteiger partial charge in [-0.05, 0) is 12.5 Å². The van der Waals surface area contributed by atoms with Gasteiger partial charge in [0, 0.05) is 18.7 Å². The zero-order valence-electron chi connectivity index (χ0n) is 7.07. The number of hydrogen-bond donors (Lipinski definition) is 3. The minimum atomic E-state index is -1.45. The zero-order valence-corrected chi connectivity index (χ0v) is 7.07. The molecule has 64 valence electrons. The Hall–Kier alpha value is -1.07. The number of nitrogens with one attached hydrogen (secondary N) is 1. The summed E-state index contributed by atoms with van der Waals surface area (Å²) in [4.78, 5) is 3.86. The molecule has 0 aliphatic heterocycles. The molecule has 0 fully saturated rings. The molecule has 3 N–H and O–H groups in total. The summed E-state index contributed by atoms with van der Waals surface area (Å²) in [7, 11) is 0.308. The van der Waals surface area contributed by atoms with Crippen molar-refractivity contribution in [2.24, 2.45) is 0 Å². The molecule has 1 aromatic rings. The van der Waals surface area contributed by atoms with E-state index in [1.54, 1.807) is 13.2 Å². The molecule has 5 heteroatoms. The molecule has 1 aromatic heterocycles. The maximum absolute atomic E-state index is 8.91. The largest absolute Gasteiger partial charge is 0.490 e. The highest BCUT2D eigenvalue weighted by molar-refractivity contribution is 6.59. The summed E-state index contributed by atoms with van der Waals surface area (Å²) in [5.41, 5.74) is 2.05. The third-order valence-electron chi connectivity index (χ3n) is 1.80. The van der Waals surface area contributed by atoms with Crippen molar-refractivity contribution in [3.63, 3.8) is 0 Å². The van der Waals surface area contributed by atoms with Gasteiger partial charge < -0.3 is 15.4 Å². The number of rotatable bonds is 2. The van der Waals surface area contributed by atoms with E-state index in [-0.39, 0.29) is 0 Å². The molecule has 4 nitrogen and oxygen atoms in total. The first-order valence-corrected chi connectivity index (χ1v) is 3.65. The molecule has 1 rings (SSSR count). The summed E-state index contributed by atoms with van der Waals surface area (Å²) >= 11 is 0. The second kappa shape index (κ2) is 3.56. The molecule has 0 saturated carbocycles. The number of nitrogens with zero attached hydrogens (tertiary/aromatic N) is 1. The summed E-state index contributed by atoms with van der Waals surface area (Å²) < 4.78 is 0. The normalized spacial score (nSPS) is 9.67. The first-order chi connectivity index (χ1) is 5.66. The molecule has 0 atom stereocenters. The van der Waals surface area contributed by atoms with E-state index in [0.717, 1.165) is 11.3 Å². The van der Waals surface area contributed by atoms with Crippen molar-refractivity contribution in [2.45, 2.75) is 6.92 Å². The number of anilines is 1. The van der Waals surface area contributed by atoms with Crippen molar-refractivity contribution >= 4 is 18.3 Å². The standard InChI is InChI=1S/C7H11BN2O2/c1-5-6(8(11)12)3-10-4-7(5)9-2/h3-4,9,11-12H,1-2H3. The zero-order chi connectivity index (χ0) is 9.14. The predicted molar refractivity (Wildman–Crippen MR) is 48.3 cm³/mol. The van der Waals surface area contributed by atoms with E-state index in [0.29, 0.717) is 5.46 Å². The van der Waals surface area contributed by atoms with Gasteiger partial charge in [-0.25, -0.2) is 0 Å². The summed E-state index contributed by atoms with van der Waals surface area (Å²) in [5.74, 6) is 0. The van der Waals surface area contributed by atoms with Gasteiger partial charge in [-0.1, -0.05) is 0 Å². The molecule has 0 unspecified atom stereocenters. The van der Waals surface area contributed by atoms with Gasteiger partial charge in [0.2, 0.25) is 0 Å². The smallest absolute Gasteiger partial charge is 0.423 e. The van der Waals surface area contributed by atoms with Crippen LogP contribution >= 0.6 is 0 Å². The van der Waals surface area contributed by atoms with Crippen molar-refractivity contribution in [3.8, 4) is 0 Å². The minimum absolute atomic E-state index is 0.432. The Morgan fingerprint density at radius 2 is 2.08 bits per heavy atom. The van der Waals surface area contributed by atoms with Crippen LogP contribution in [-0.4, -0.2) is 29.2 Å². The average molecular weight is 166 g/mol. The molecular formula is C7H11BN2O2. The Morgan fingerprint density at radius 1 is 1.42 bits per heavy atom. The first-order valence-electron chi connectivity index (χ1n) is 3.65. The second-order valence-electron chi connectivity index (χ2n) is 2.52. The van der Waals surface area contributed by atoms with Crippen molar-refractivity contribution in [2.75, 3.05) is 12.4 Å². The van der Waals surface area contributed by atoms with Crippen LogP contribution in [0, 0.1) is 6.92 Å². The van der Waals surface area contributed by atoms with Crippen molar-refractivity contribution in [3.05, 3.63) is 18.0 Å². The summed E-state index contributed by atoms with van der Waals surface area (Å²) in [6.07, 6.45) is 3.09. The van der Waals surface area contributed by atoms with Gasteiger partial charge in [-0.2, -0.15) is 0 Å². The molecule has 0 aliphatic carbocycles. The Labute approximate surface area is 71.4 Å². The van der Waals surface area contributed by atoms with Crippen LogP contribution in [0.4, 0.5) is 5.69 Å². The van der Waals surface area contributed by atoms with Crippen molar-refractivity contribution in [1.29, 1.82) is 0 Å². The SMILES string of the molecule is CNc1cncc(B(O)O)c1C. The maximum Gasteiger partial charge on any atom is 0.490 e. The fraction of sp³-hybridized carbons (Fsp3) is 0.286.